The van der Waals surface area contributed by atoms with Crippen LogP contribution in [-0.2, 0) is 10.2 Å². The van der Waals surface area contributed by atoms with Gasteiger partial charge in [0.15, 0.2) is 11.6 Å². The van der Waals surface area contributed by atoms with E-state index in [4.69, 9.17) is 9.47 Å². The van der Waals surface area contributed by atoms with Crippen LogP contribution in [0.2, 0.25) is 0 Å². The molecule has 7 nitrogen and oxygen atoms in total. The van der Waals surface area contributed by atoms with E-state index in [1.165, 1.54) is 14.2 Å². The predicted molar refractivity (Wildman–Crippen MR) is 165 cm³/mol. The molecule has 0 radical (unpaired) electrons. The first-order chi connectivity index (χ1) is 20.9. The van der Waals surface area contributed by atoms with Gasteiger partial charge in [-0.1, -0.05) is 72.8 Å². The fraction of sp³-hybridized carbons (Fsp3) is 0.194. The summed E-state index contributed by atoms with van der Waals surface area (Å²) >= 11 is 0. The van der Waals surface area contributed by atoms with Gasteiger partial charge >= 0.3 is 0 Å². The standard InChI is InChI=1S/C36H30N2O5/c1-21-13-14-22-15-18-30-36(26-11-7-8-12-27(26)37-35(36)41)31(34(40)25-20-24(42-2)16-17-29(25)43-3)32(38(30)28(22)19-21)33(39)23-9-5-4-6-10-23/h4-20,30-32H,1-3H3,(H,37,41)/t30-,31+,32-,36+/m1/s1. The van der Waals surface area contributed by atoms with Crippen molar-refractivity contribution in [3.8, 4) is 11.5 Å². The largest absolute Gasteiger partial charge is 0.497 e. The number of nitrogens with one attached hydrogen (secondary N) is 1. The summed E-state index contributed by atoms with van der Waals surface area (Å²) in [6, 6.07) is 25.9. The highest BCUT2D eigenvalue weighted by molar-refractivity contribution is 6.19. The van der Waals surface area contributed by atoms with Crippen LogP contribution in [-0.4, -0.2) is 43.8 Å². The first-order valence-electron chi connectivity index (χ1n) is 14.2. The van der Waals surface area contributed by atoms with Crippen molar-refractivity contribution in [2.45, 2.75) is 24.4 Å². The Hall–Kier alpha value is -5.17. The van der Waals surface area contributed by atoms with Crippen molar-refractivity contribution >= 4 is 34.9 Å². The van der Waals surface area contributed by atoms with Crippen molar-refractivity contribution in [2.24, 2.45) is 5.92 Å². The second kappa shape index (κ2) is 9.98. The van der Waals surface area contributed by atoms with E-state index in [1.54, 1.807) is 30.3 Å². The summed E-state index contributed by atoms with van der Waals surface area (Å²) < 4.78 is 11.1. The summed E-state index contributed by atoms with van der Waals surface area (Å²) in [7, 11) is 3.03. The van der Waals surface area contributed by atoms with Crippen LogP contribution in [0.15, 0.2) is 97.1 Å². The summed E-state index contributed by atoms with van der Waals surface area (Å²) in [5.41, 5.74) is 3.38. The Kier molecular flexibility index (Phi) is 6.20. The molecule has 0 bridgehead atoms. The molecular formula is C36H30N2O5. The van der Waals surface area contributed by atoms with Crippen molar-refractivity contribution in [1.29, 1.82) is 0 Å². The van der Waals surface area contributed by atoms with Gasteiger partial charge in [-0.25, -0.2) is 0 Å². The summed E-state index contributed by atoms with van der Waals surface area (Å²) in [6.07, 6.45) is 3.97. The number of rotatable bonds is 6. The van der Waals surface area contributed by atoms with E-state index in [9.17, 15) is 9.59 Å². The van der Waals surface area contributed by atoms with E-state index in [1.807, 2.05) is 84.6 Å². The molecule has 3 aliphatic heterocycles. The third-order valence-corrected chi connectivity index (χ3v) is 9.07. The minimum Gasteiger partial charge on any atom is -0.497 e. The van der Waals surface area contributed by atoms with Crippen molar-refractivity contribution in [3.63, 3.8) is 0 Å². The Balaban J connectivity index is 1.56. The molecule has 43 heavy (non-hydrogen) atoms. The zero-order chi connectivity index (χ0) is 29.9. The number of fused-ring (bicyclic) bond motifs is 6. The zero-order valence-electron chi connectivity index (χ0n) is 24.0. The van der Waals surface area contributed by atoms with Crippen molar-refractivity contribution in [1.82, 2.24) is 0 Å². The molecule has 3 heterocycles. The highest BCUT2D eigenvalue weighted by Gasteiger charge is 2.70. The number of carbonyl (C=O) groups is 3. The predicted octanol–water partition coefficient (Wildman–Crippen LogP) is 5.87. The first-order valence-corrected chi connectivity index (χ1v) is 14.2. The second-order valence-corrected chi connectivity index (χ2v) is 11.2. The van der Waals surface area contributed by atoms with Crippen LogP contribution in [0, 0.1) is 12.8 Å². The summed E-state index contributed by atoms with van der Waals surface area (Å²) in [6.45, 7) is 1.99. The number of carbonyl (C=O) groups excluding carboxylic acids is 3. The molecule has 4 aromatic rings. The average molecular weight is 571 g/mol. The number of hydrogen-bond donors (Lipinski definition) is 1. The fourth-order valence-corrected chi connectivity index (χ4v) is 7.22. The number of benzene rings is 4. The molecule has 1 N–H and O–H groups in total. The van der Waals surface area contributed by atoms with Gasteiger partial charge in [0.25, 0.3) is 0 Å². The number of ether oxygens (including phenoxy) is 2. The number of anilines is 2. The Morgan fingerprint density at radius 2 is 1.63 bits per heavy atom. The highest BCUT2D eigenvalue weighted by Crippen LogP contribution is 2.58. The lowest BCUT2D eigenvalue weighted by Gasteiger charge is -2.37. The first kappa shape index (κ1) is 26.7. The highest BCUT2D eigenvalue weighted by atomic mass is 16.5. The minimum absolute atomic E-state index is 0.234. The van der Waals surface area contributed by atoms with Crippen molar-refractivity contribution < 1.29 is 23.9 Å². The van der Waals surface area contributed by atoms with E-state index >= 15 is 4.79 Å². The molecule has 7 heteroatoms. The molecule has 0 unspecified atom stereocenters. The number of methoxy groups -OCH3 is 2. The second-order valence-electron chi connectivity index (χ2n) is 11.2. The van der Waals surface area contributed by atoms with Crippen LogP contribution in [0.3, 0.4) is 0 Å². The third-order valence-electron chi connectivity index (χ3n) is 9.07. The number of hydrogen-bond acceptors (Lipinski definition) is 6. The third kappa shape index (κ3) is 3.77. The monoisotopic (exact) mass is 570 g/mol. The molecule has 1 saturated heterocycles. The molecular weight excluding hydrogens is 540 g/mol. The van der Waals surface area contributed by atoms with E-state index < -0.39 is 23.4 Å². The van der Waals surface area contributed by atoms with E-state index in [2.05, 4.69) is 5.32 Å². The summed E-state index contributed by atoms with van der Waals surface area (Å²) in [4.78, 5) is 46.5. The van der Waals surface area contributed by atoms with E-state index in [-0.39, 0.29) is 23.0 Å². The maximum Gasteiger partial charge on any atom is 0.238 e. The van der Waals surface area contributed by atoms with Gasteiger partial charge in [-0.05, 0) is 53.9 Å². The Morgan fingerprint density at radius 3 is 2.40 bits per heavy atom. The number of nitrogens with zero attached hydrogens (tertiary/aromatic N) is 1. The molecule has 0 aromatic heterocycles. The van der Waals surface area contributed by atoms with Gasteiger partial charge < -0.3 is 19.7 Å². The molecule has 1 fully saturated rings. The molecule has 0 aliphatic carbocycles. The number of aryl methyl sites for hydroxylation is 1. The van der Waals surface area contributed by atoms with Gasteiger partial charge in [0.1, 0.15) is 23.0 Å². The normalized spacial score (nSPS) is 22.9. The lowest BCUT2D eigenvalue weighted by atomic mass is 9.64. The van der Waals surface area contributed by atoms with Crippen LogP contribution in [0.1, 0.15) is 37.4 Å². The van der Waals surface area contributed by atoms with Crippen molar-refractivity contribution in [3.05, 3.63) is 125 Å². The number of Topliss-reactive ketones (excluding diaryl/α,β-unsaturated/α-hetero) is 2. The van der Waals surface area contributed by atoms with Crippen LogP contribution in [0.5, 0.6) is 11.5 Å². The molecule has 1 amide bonds. The number of para-hydroxylation sites is 1. The van der Waals surface area contributed by atoms with Gasteiger partial charge in [-0.3, -0.25) is 14.4 Å². The maximum atomic E-state index is 15.2. The molecule has 214 valence electrons. The van der Waals surface area contributed by atoms with Crippen LogP contribution >= 0.6 is 0 Å². The number of amides is 1. The molecule has 4 aromatic carbocycles. The average Bonchev–Trinajstić information content (AvgIpc) is 3.52. The van der Waals surface area contributed by atoms with Crippen LogP contribution in [0.25, 0.3) is 6.08 Å². The quantitative estimate of drug-likeness (QED) is 0.292. The molecule has 0 saturated carbocycles. The lowest BCUT2D eigenvalue weighted by molar-refractivity contribution is -0.121. The van der Waals surface area contributed by atoms with Crippen LogP contribution in [0.4, 0.5) is 11.4 Å². The van der Waals surface area contributed by atoms with Gasteiger partial charge in [0, 0.05) is 16.9 Å². The number of ketones is 2. The molecule has 3 aliphatic rings. The van der Waals surface area contributed by atoms with Crippen molar-refractivity contribution in [2.75, 3.05) is 24.4 Å². The maximum absolute atomic E-state index is 15.2. The summed E-state index contributed by atoms with van der Waals surface area (Å²) in [5.74, 6) is -1.21. The Labute approximate surface area is 249 Å². The van der Waals surface area contributed by atoms with Gasteiger partial charge in [0.2, 0.25) is 5.91 Å². The lowest BCUT2D eigenvalue weighted by Crippen LogP contribution is -2.51. The molecule has 7 rings (SSSR count). The smallest absolute Gasteiger partial charge is 0.238 e. The van der Waals surface area contributed by atoms with Gasteiger partial charge in [-0.15, -0.1) is 0 Å². The van der Waals surface area contributed by atoms with Gasteiger partial charge in [-0.2, -0.15) is 0 Å². The fourth-order valence-electron chi connectivity index (χ4n) is 7.22. The Bertz CT molecular complexity index is 1830. The SMILES string of the molecule is COc1ccc(OC)c(C(=O)[C@@H]2[C@H](C(=O)c3ccccc3)N3c4cc(C)ccc4C=C[C@@H]3[C@]23C(=O)Nc2ccccc23)c1. The minimum atomic E-state index is -1.41. The van der Waals surface area contributed by atoms with E-state index in [0.29, 0.717) is 28.3 Å². The van der Waals surface area contributed by atoms with Crippen LogP contribution < -0.4 is 19.7 Å². The molecule has 4 atom stereocenters. The zero-order valence-corrected chi connectivity index (χ0v) is 24.0. The molecule has 1 spiro atoms. The Morgan fingerprint density at radius 1 is 0.860 bits per heavy atom. The summed E-state index contributed by atoms with van der Waals surface area (Å²) in [5, 5.41) is 3.07. The topological polar surface area (TPSA) is 84.9 Å². The van der Waals surface area contributed by atoms with E-state index in [0.717, 1.165) is 16.8 Å². The van der Waals surface area contributed by atoms with Gasteiger partial charge in [0.05, 0.1) is 31.7 Å².